The van der Waals surface area contributed by atoms with E-state index in [2.05, 4.69) is 15.0 Å². The average Bonchev–Trinajstić information content (AvgIpc) is 2.46. The van der Waals surface area contributed by atoms with Crippen molar-refractivity contribution in [3.63, 3.8) is 0 Å². The molecule has 88 valence electrons. The van der Waals surface area contributed by atoms with Crippen LogP contribution in [0.4, 0.5) is 0 Å². The average molecular weight is 235 g/mol. The normalized spacial score (nSPS) is 10.7. The van der Waals surface area contributed by atoms with Crippen molar-refractivity contribution in [1.29, 1.82) is 0 Å². The van der Waals surface area contributed by atoms with Crippen LogP contribution in [-0.2, 0) is 12.8 Å². The highest BCUT2D eigenvalue weighted by atomic mass is 14.8. The van der Waals surface area contributed by atoms with E-state index < -0.39 is 0 Å². The molecule has 0 unspecified atom stereocenters. The Kier molecular flexibility index (Phi) is 2.96. The molecule has 3 aromatic rings. The van der Waals surface area contributed by atoms with Crippen LogP contribution in [0.3, 0.4) is 0 Å². The fourth-order valence-corrected chi connectivity index (χ4v) is 1.92. The van der Waals surface area contributed by atoms with Gasteiger partial charge in [-0.15, -0.1) is 0 Å². The standard InChI is InChI=1S/C15H13N3/c1-2-7-15-14(6-1)17-11-13(18-15)9-8-12-5-3-4-10-16-12/h1-7,10-11H,8-9H2. The highest BCUT2D eigenvalue weighted by Gasteiger charge is 2.00. The second-order valence-electron chi connectivity index (χ2n) is 4.17. The van der Waals surface area contributed by atoms with Crippen LogP contribution < -0.4 is 0 Å². The minimum Gasteiger partial charge on any atom is -0.261 e. The number of rotatable bonds is 3. The Labute approximate surface area is 106 Å². The number of para-hydroxylation sites is 2. The lowest BCUT2D eigenvalue weighted by molar-refractivity contribution is 0.879. The van der Waals surface area contributed by atoms with Gasteiger partial charge >= 0.3 is 0 Å². The molecule has 18 heavy (non-hydrogen) atoms. The first-order valence-corrected chi connectivity index (χ1v) is 6.02. The zero-order chi connectivity index (χ0) is 12.2. The number of hydrogen-bond donors (Lipinski definition) is 0. The molecule has 3 nitrogen and oxygen atoms in total. The van der Waals surface area contributed by atoms with Crippen LogP contribution in [-0.4, -0.2) is 15.0 Å². The van der Waals surface area contributed by atoms with Crippen LogP contribution in [0.5, 0.6) is 0 Å². The third kappa shape index (κ3) is 2.35. The Morgan fingerprint density at radius 3 is 2.33 bits per heavy atom. The summed E-state index contributed by atoms with van der Waals surface area (Å²) in [5.41, 5.74) is 4.00. The number of aromatic nitrogens is 3. The molecule has 2 heterocycles. The molecule has 0 aliphatic rings. The quantitative estimate of drug-likeness (QED) is 0.700. The lowest BCUT2D eigenvalue weighted by Gasteiger charge is -2.02. The van der Waals surface area contributed by atoms with Gasteiger partial charge in [0.2, 0.25) is 0 Å². The summed E-state index contributed by atoms with van der Waals surface area (Å²) in [4.78, 5) is 13.3. The predicted octanol–water partition coefficient (Wildman–Crippen LogP) is 2.81. The van der Waals surface area contributed by atoms with Crippen LogP contribution in [0, 0.1) is 0 Å². The first kappa shape index (κ1) is 10.8. The van der Waals surface area contributed by atoms with E-state index in [0.29, 0.717) is 0 Å². The monoisotopic (exact) mass is 235 g/mol. The molecular weight excluding hydrogens is 222 g/mol. The summed E-state index contributed by atoms with van der Waals surface area (Å²) in [5.74, 6) is 0. The molecule has 0 spiro atoms. The maximum Gasteiger partial charge on any atom is 0.0890 e. The van der Waals surface area contributed by atoms with E-state index in [9.17, 15) is 0 Å². The number of benzene rings is 1. The highest BCUT2D eigenvalue weighted by molar-refractivity contribution is 5.73. The number of hydrogen-bond acceptors (Lipinski definition) is 3. The van der Waals surface area contributed by atoms with Crippen molar-refractivity contribution in [3.05, 3.63) is 66.2 Å². The lowest BCUT2D eigenvalue weighted by atomic mass is 10.2. The van der Waals surface area contributed by atoms with Gasteiger partial charge in [0.15, 0.2) is 0 Å². The molecule has 0 amide bonds. The Morgan fingerprint density at radius 1 is 0.722 bits per heavy atom. The van der Waals surface area contributed by atoms with Crippen LogP contribution >= 0.6 is 0 Å². The minimum absolute atomic E-state index is 0.870. The second-order valence-corrected chi connectivity index (χ2v) is 4.17. The van der Waals surface area contributed by atoms with Crippen molar-refractivity contribution in [2.75, 3.05) is 0 Å². The molecule has 2 aromatic heterocycles. The van der Waals surface area contributed by atoms with Crippen molar-refractivity contribution < 1.29 is 0 Å². The van der Waals surface area contributed by atoms with Gasteiger partial charge in [0.25, 0.3) is 0 Å². The van der Waals surface area contributed by atoms with E-state index in [-0.39, 0.29) is 0 Å². The first-order valence-electron chi connectivity index (χ1n) is 6.02. The Morgan fingerprint density at radius 2 is 1.50 bits per heavy atom. The lowest BCUT2D eigenvalue weighted by Crippen LogP contribution is -1.97. The van der Waals surface area contributed by atoms with Crippen molar-refractivity contribution in [1.82, 2.24) is 15.0 Å². The molecule has 3 heteroatoms. The van der Waals surface area contributed by atoms with Crippen LogP contribution in [0.2, 0.25) is 0 Å². The van der Waals surface area contributed by atoms with Gasteiger partial charge in [-0.05, 0) is 37.1 Å². The third-order valence-corrected chi connectivity index (χ3v) is 2.86. The number of nitrogens with zero attached hydrogens (tertiary/aromatic N) is 3. The maximum atomic E-state index is 4.60. The van der Waals surface area contributed by atoms with Crippen molar-refractivity contribution in [3.8, 4) is 0 Å². The van der Waals surface area contributed by atoms with Crippen molar-refractivity contribution >= 4 is 11.0 Å². The van der Waals surface area contributed by atoms with Crippen molar-refractivity contribution in [2.45, 2.75) is 12.8 Å². The first-order chi connectivity index (χ1) is 8.92. The van der Waals surface area contributed by atoms with Gasteiger partial charge in [0, 0.05) is 18.1 Å². The van der Waals surface area contributed by atoms with E-state index in [1.807, 2.05) is 54.9 Å². The summed E-state index contributed by atoms with van der Waals surface area (Å²) in [5, 5.41) is 0. The van der Waals surface area contributed by atoms with Gasteiger partial charge in [-0.2, -0.15) is 0 Å². The zero-order valence-corrected chi connectivity index (χ0v) is 9.95. The smallest absolute Gasteiger partial charge is 0.0890 e. The molecular formula is C15H13N3. The Hall–Kier alpha value is -2.29. The van der Waals surface area contributed by atoms with Crippen LogP contribution in [0.15, 0.2) is 54.9 Å². The van der Waals surface area contributed by atoms with E-state index in [4.69, 9.17) is 0 Å². The summed E-state index contributed by atoms with van der Waals surface area (Å²) >= 11 is 0. The van der Waals surface area contributed by atoms with Gasteiger partial charge in [0.1, 0.15) is 0 Å². The molecule has 0 fully saturated rings. The third-order valence-electron chi connectivity index (χ3n) is 2.86. The minimum atomic E-state index is 0.870. The van der Waals surface area contributed by atoms with Crippen molar-refractivity contribution in [2.24, 2.45) is 0 Å². The van der Waals surface area contributed by atoms with E-state index in [1.165, 1.54) is 0 Å². The summed E-state index contributed by atoms with van der Waals surface area (Å²) < 4.78 is 0. The number of pyridine rings is 1. The summed E-state index contributed by atoms with van der Waals surface area (Å²) in [6, 6.07) is 13.9. The van der Waals surface area contributed by atoms with Crippen LogP contribution in [0.1, 0.15) is 11.4 Å². The molecule has 0 saturated heterocycles. The van der Waals surface area contributed by atoms with Gasteiger partial charge in [-0.1, -0.05) is 18.2 Å². The fraction of sp³-hybridized carbons (Fsp3) is 0.133. The van der Waals surface area contributed by atoms with E-state index in [1.54, 1.807) is 0 Å². The second kappa shape index (κ2) is 4.92. The van der Waals surface area contributed by atoms with Gasteiger partial charge in [0.05, 0.1) is 16.7 Å². The predicted molar refractivity (Wildman–Crippen MR) is 71.2 cm³/mol. The molecule has 0 saturated carbocycles. The molecule has 0 aliphatic carbocycles. The molecule has 0 bridgehead atoms. The Balaban J connectivity index is 1.79. The number of fused-ring (bicyclic) bond motifs is 1. The largest absolute Gasteiger partial charge is 0.261 e. The summed E-state index contributed by atoms with van der Waals surface area (Å²) in [6.45, 7) is 0. The van der Waals surface area contributed by atoms with Gasteiger partial charge < -0.3 is 0 Å². The molecule has 1 aromatic carbocycles. The van der Waals surface area contributed by atoms with Gasteiger partial charge in [-0.25, -0.2) is 4.98 Å². The van der Waals surface area contributed by atoms with E-state index in [0.717, 1.165) is 35.3 Å². The molecule has 0 aliphatic heterocycles. The zero-order valence-electron chi connectivity index (χ0n) is 9.95. The van der Waals surface area contributed by atoms with Gasteiger partial charge in [-0.3, -0.25) is 9.97 Å². The molecule has 0 atom stereocenters. The Bertz CT molecular complexity index is 650. The molecule has 0 radical (unpaired) electrons. The summed E-state index contributed by atoms with van der Waals surface area (Å²) in [7, 11) is 0. The topological polar surface area (TPSA) is 38.7 Å². The molecule has 3 rings (SSSR count). The highest BCUT2D eigenvalue weighted by Crippen LogP contribution is 2.09. The fourth-order valence-electron chi connectivity index (χ4n) is 1.92. The van der Waals surface area contributed by atoms with Crippen LogP contribution in [0.25, 0.3) is 11.0 Å². The number of aryl methyl sites for hydroxylation is 2. The summed E-state index contributed by atoms with van der Waals surface area (Å²) in [6.07, 6.45) is 5.44. The SMILES string of the molecule is c1ccc(CCc2cnc3ccccc3n2)nc1. The molecule has 0 N–H and O–H groups in total. The van der Waals surface area contributed by atoms with E-state index >= 15 is 0 Å². The maximum absolute atomic E-state index is 4.60.